The monoisotopic (exact) mass is 842 g/mol. The van der Waals surface area contributed by atoms with Crippen molar-refractivity contribution in [3.63, 3.8) is 0 Å². The first-order valence-corrected chi connectivity index (χ1v) is 21.7. The smallest absolute Gasteiger partial charge is 0.342 e. The summed E-state index contributed by atoms with van der Waals surface area (Å²) in [6, 6.07) is 18.3. The van der Waals surface area contributed by atoms with Crippen molar-refractivity contribution in [1.29, 1.82) is 0 Å². The van der Waals surface area contributed by atoms with Crippen LogP contribution in [0.3, 0.4) is 0 Å². The van der Waals surface area contributed by atoms with Gasteiger partial charge in [0.2, 0.25) is 0 Å². The highest BCUT2D eigenvalue weighted by Gasteiger charge is 2.26. The molecule has 0 fully saturated rings. The molecule has 56 heavy (non-hydrogen) atoms. The van der Waals surface area contributed by atoms with Crippen molar-refractivity contribution in [2.45, 2.75) is 33.4 Å². The van der Waals surface area contributed by atoms with Gasteiger partial charge in [0, 0.05) is 44.3 Å². The summed E-state index contributed by atoms with van der Waals surface area (Å²) in [7, 11) is -19.1. The Balaban J connectivity index is 1.25. The fourth-order valence-electron chi connectivity index (χ4n) is 5.83. The number of hydrogen-bond donors (Lipinski definition) is 8. The highest BCUT2D eigenvalue weighted by Crippen LogP contribution is 2.39. The molecule has 0 saturated heterocycles. The molecule has 6 aromatic carbocycles. The molecule has 0 aliphatic heterocycles. The minimum Gasteiger partial charge on any atom is -0.507 e. The number of carbonyl (C=O) groups is 1. The van der Waals surface area contributed by atoms with Crippen molar-refractivity contribution < 1.29 is 57.8 Å². The van der Waals surface area contributed by atoms with Gasteiger partial charge in [-0.3, -0.25) is 9.11 Å². The summed E-state index contributed by atoms with van der Waals surface area (Å²) >= 11 is 0. The molecule has 6 rings (SSSR count). The van der Waals surface area contributed by atoms with Crippen LogP contribution in [0.25, 0.3) is 21.5 Å². The molecular formula is C35H30N4O13S4. The molecule has 0 aliphatic carbocycles. The Bertz CT molecular complexity index is 2880. The number of carbonyl (C=O) groups excluding carboxylic acids is 1. The second-order valence-corrected chi connectivity index (χ2v) is 18.5. The van der Waals surface area contributed by atoms with E-state index in [0.717, 1.165) is 48.5 Å². The lowest BCUT2D eigenvalue weighted by Crippen LogP contribution is -2.42. The maximum Gasteiger partial charge on any atom is 0.342 e. The van der Waals surface area contributed by atoms with Gasteiger partial charge in [0.15, 0.2) is 0 Å². The number of sulfonamides is 2. The maximum atomic E-state index is 13.3. The number of phenols is 2. The topological polar surface area (TPSA) is 283 Å². The number of urea groups is 1. The lowest BCUT2D eigenvalue weighted by atomic mass is 10.1. The van der Waals surface area contributed by atoms with Crippen LogP contribution in [-0.2, 0) is 40.3 Å². The molecule has 17 nitrogen and oxygen atoms in total. The Morgan fingerprint density at radius 2 is 0.875 bits per heavy atom. The first-order chi connectivity index (χ1) is 26.1. The lowest BCUT2D eigenvalue weighted by molar-refractivity contribution is 0.250. The van der Waals surface area contributed by atoms with Crippen molar-refractivity contribution >= 4 is 90.6 Å². The molecule has 0 radical (unpaired) electrons. The van der Waals surface area contributed by atoms with Crippen LogP contribution in [-0.4, -0.2) is 59.0 Å². The van der Waals surface area contributed by atoms with Crippen LogP contribution in [0.4, 0.5) is 27.5 Å². The molecule has 0 aromatic heterocycles. The summed E-state index contributed by atoms with van der Waals surface area (Å²) in [6.45, 7) is 3.17. The van der Waals surface area contributed by atoms with E-state index in [2.05, 4.69) is 10.6 Å². The van der Waals surface area contributed by atoms with E-state index in [1.165, 1.54) is 48.5 Å². The number of benzene rings is 6. The predicted molar refractivity (Wildman–Crippen MR) is 206 cm³/mol. The van der Waals surface area contributed by atoms with Crippen LogP contribution in [0.1, 0.15) is 11.1 Å². The van der Waals surface area contributed by atoms with Crippen molar-refractivity contribution in [3.05, 3.63) is 108 Å². The Hall–Kier alpha value is -5.97. The molecule has 0 aliphatic rings. The van der Waals surface area contributed by atoms with Crippen LogP contribution < -0.4 is 20.1 Å². The first-order valence-electron chi connectivity index (χ1n) is 15.9. The van der Waals surface area contributed by atoms with Crippen LogP contribution in [0, 0.1) is 13.8 Å². The van der Waals surface area contributed by atoms with Gasteiger partial charge in [0.05, 0.1) is 9.79 Å². The summed E-state index contributed by atoms with van der Waals surface area (Å²) in [6.07, 6.45) is 0. The van der Waals surface area contributed by atoms with E-state index in [1.54, 1.807) is 23.3 Å². The number of nitrogens with one attached hydrogen (secondary N) is 4. The van der Waals surface area contributed by atoms with E-state index < -0.39 is 65.9 Å². The fraction of sp³-hybridized carbons (Fsp3) is 0.0571. The van der Waals surface area contributed by atoms with Gasteiger partial charge in [0.25, 0.3) is 40.3 Å². The van der Waals surface area contributed by atoms with E-state index in [9.17, 15) is 57.8 Å². The summed E-state index contributed by atoms with van der Waals surface area (Å²) in [4.78, 5) is 10.8. The molecule has 0 unspecified atom stereocenters. The predicted octanol–water partition coefficient (Wildman–Crippen LogP) is 5.38. The van der Waals surface area contributed by atoms with Gasteiger partial charge in [-0.1, -0.05) is 36.4 Å². The van der Waals surface area contributed by atoms with Gasteiger partial charge in [-0.25, -0.2) is 31.1 Å². The van der Waals surface area contributed by atoms with E-state index in [-0.39, 0.29) is 55.8 Å². The highest BCUT2D eigenvalue weighted by molar-refractivity contribution is 7.91. The molecule has 0 heterocycles. The van der Waals surface area contributed by atoms with Gasteiger partial charge in [-0.2, -0.15) is 16.8 Å². The second kappa shape index (κ2) is 14.3. The number of phenolic OH excluding ortho intramolecular Hbond substituents is 2. The van der Waals surface area contributed by atoms with Crippen LogP contribution in [0.15, 0.2) is 117 Å². The van der Waals surface area contributed by atoms with E-state index in [4.69, 9.17) is 0 Å². The molecule has 0 spiro atoms. The number of fused-ring (bicyclic) bond motifs is 2. The average molecular weight is 843 g/mol. The van der Waals surface area contributed by atoms with E-state index >= 15 is 0 Å². The van der Waals surface area contributed by atoms with Gasteiger partial charge in [-0.15, -0.1) is 0 Å². The normalized spacial score (nSPS) is 12.4. The SMILES string of the molecule is Cc1ccc(S(=O)(=O)NC(=O)NS(=O)(=O)c2ccc(C)c(Nc3cccc4c(O)ccc(S(=O)(=O)O)c34)c2)cc1Nc1cccc2c(O)ccc(S(=O)(=O)O)c12. The Morgan fingerprint density at radius 3 is 1.23 bits per heavy atom. The van der Waals surface area contributed by atoms with Crippen LogP contribution in [0.2, 0.25) is 0 Å². The van der Waals surface area contributed by atoms with Crippen molar-refractivity contribution in [2.24, 2.45) is 0 Å². The zero-order valence-electron chi connectivity index (χ0n) is 28.8. The van der Waals surface area contributed by atoms with E-state index in [0.29, 0.717) is 11.1 Å². The Morgan fingerprint density at radius 1 is 0.500 bits per heavy atom. The molecule has 0 saturated carbocycles. The second-order valence-electron chi connectivity index (χ2n) is 12.3. The molecule has 6 aromatic rings. The number of hydrogen-bond acceptors (Lipinski definition) is 13. The first kappa shape index (κ1) is 39.7. The Kier molecular flexibility index (Phi) is 10.1. The molecule has 292 valence electrons. The Labute approximate surface area is 320 Å². The third-order valence-electron chi connectivity index (χ3n) is 8.55. The lowest BCUT2D eigenvalue weighted by Gasteiger charge is -2.17. The zero-order valence-corrected chi connectivity index (χ0v) is 32.1. The third-order valence-corrected chi connectivity index (χ3v) is 13.0. The van der Waals surface area contributed by atoms with Crippen molar-refractivity contribution in [2.75, 3.05) is 10.6 Å². The number of aromatic hydroxyl groups is 2. The largest absolute Gasteiger partial charge is 0.507 e. The summed E-state index contributed by atoms with van der Waals surface area (Å²) < 4.78 is 125. The average Bonchev–Trinajstić information content (AvgIpc) is 3.09. The van der Waals surface area contributed by atoms with Crippen LogP contribution >= 0.6 is 0 Å². The fourth-order valence-corrected chi connectivity index (χ4v) is 9.20. The molecular weight excluding hydrogens is 813 g/mol. The molecule has 0 atom stereocenters. The van der Waals surface area contributed by atoms with E-state index in [1.807, 2.05) is 0 Å². The summed E-state index contributed by atoms with van der Waals surface area (Å²) in [5, 5.41) is 26.4. The minimum atomic E-state index is -4.78. The van der Waals surface area contributed by atoms with Crippen LogP contribution in [0.5, 0.6) is 11.5 Å². The maximum absolute atomic E-state index is 13.3. The number of anilines is 4. The molecule has 21 heteroatoms. The number of amides is 2. The number of aryl methyl sites for hydroxylation is 2. The molecule has 8 N–H and O–H groups in total. The van der Waals surface area contributed by atoms with Gasteiger partial charge in [-0.05, 0) is 85.6 Å². The molecule has 0 bridgehead atoms. The van der Waals surface area contributed by atoms with Gasteiger partial charge < -0.3 is 20.8 Å². The quantitative estimate of drug-likeness (QED) is 0.0804. The molecule has 2 amide bonds. The van der Waals surface area contributed by atoms with Gasteiger partial charge in [0.1, 0.15) is 21.3 Å². The standard InChI is InChI=1S/C35H30N4O13S4/c1-19-9-11-21(17-27(19)36-25-7-3-5-23-29(40)13-15-31(33(23)25)55(47,48)49)53(43,44)38-35(42)39-54(45,46)22-12-10-20(2)28(18-22)37-26-8-4-6-24-30(41)14-16-32(34(24)26)56(50,51)52/h3-18,36-37,40-41H,1-2H3,(H2,38,39,42)(H,47,48,49)(H,50,51,52). The zero-order chi connectivity index (χ0) is 41.0. The number of rotatable bonds is 10. The highest BCUT2D eigenvalue weighted by atomic mass is 32.2. The van der Waals surface area contributed by atoms with Crippen molar-refractivity contribution in [3.8, 4) is 11.5 Å². The summed E-state index contributed by atoms with van der Waals surface area (Å²) in [5.41, 5.74) is 1.21. The van der Waals surface area contributed by atoms with Gasteiger partial charge >= 0.3 is 6.03 Å². The minimum absolute atomic E-state index is 0.0581. The van der Waals surface area contributed by atoms with Crippen molar-refractivity contribution in [1.82, 2.24) is 9.44 Å². The third kappa shape index (κ3) is 7.89. The summed E-state index contributed by atoms with van der Waals surface area (Å²) in [5.74, 6) is -0.597.